The number of carbonyl (C=O) groups is 1. The molecule has 20 heavy (non-hydrogen) atoms. The molecule has 2 aromatic carbocycles. The molecule has 0 aliphatic carbocycles. The van der Waals surface area contributed by atoms with Gasteiger partial charge in [0.2, 0.25) is 6.41 Å². The molecule has 6 heteroatoms. The molecule has 1 amide bonds. The number of hydrogen-bond donors (Lipinski definition) is 4. The summed E-state index contributed by atoms with van der Waals surface area (Å²) in [7, 11) is 0. The molecule has 2 rings (SSSR count). The summed E-state index contributed by atoms with van der Waals surface area (Å²) in [5.74, 6) is -0.0700. The maximum atomic E-state index is 10.4. The second kappa shape index (κ2) is 5.63. The summed E-state index contributed by atoms with van der Waals surface area (Å²) >= 11 is 6.15. The first-order valence-electron chi connectivity index (χ1n) is 5.77. The Morgan fingerprint density at radius 3 is 2.65 bits per heavy atom. The van der Waals surface area contributed by atoms with Gasteiger partial charge in [-0.05, 0) is 35.9 Å². The summed E-state index contributed by atoms with van der Waals surface area (Å²) in [5.41, 5.74) is 14.5. The number of hydrogen-bond acceptors (Lipinski definition) is 4. The fourth-order valence-electron chi connectivity index (χ4n) is 1.84. The Morgan fingerprint density at radius 1 is 1.20 bits per heavy atom. The van der Waals surface area contributed by atoms with Crippen molar-refractivity contribution < 1.29 is 4.79 Å². The van der Waals surface area contributed by atoms with Crippen LogP contribution >= 0.6 is 11.6 Å². The second-order valence-corrected chi connectivity index (χ2v) is 4.59. The summed E-state index contributed by atoms with van der Waals surface area (Å²) in [6.45, 7) is 0. The molecule has 0 fully saturated rings. The third-order valence-electron chi connectivity index (χ3n) is 2.83. The molecule has 0 aromatic heterocycles. The summed E-state index contributed by atoms with van der Waals surface area (Å²) in [5, 5.41) is 10.6. The van der Waals surface area contributed by atoms with Gasteiger partial charge in [-0.3, -0.25) is 10.2 Å². The third-order valence-corrected chi connectivity index (χ3v) is 3.16. The lowest BCUT2D eigenvalue weighted by molar-refractivity contribution is -0.108. The number of anilines is 2. The lowest BCUT2D eigenvalue weighted by atomic mass is 10.0. The van der Waals surface area contributed by atoms with E-state index in [4.69, 9.17) is 28.5 Å². The predicted octanol–water partition coefficient (Wildman–Crippen LogP) is 2.24. The first-order valence-corrected chi connectivity index (χ1v) is 6.14. The number of nitrogens with one attached hydrogen (secondary N) is 2. The van der Waals surface area contributed by atoms with Crippen LogP contribution in [0.1, 0.15) is 5.56 Å². The van der Waals surface area contributed by atoms with Crippen molar-refractivity contribution in [1.29, 1.82) is 5.41 Å². The fourth-order valence-corrected chi connectivity index (χ4v) is 2.07. The molecule has 0 bridgehead atoms. The van der Waals surface area contributed by atoms with Crippen molar-refractivity contribution in [3.63, 3.8) is 0 Å². The third kappa shape index (κ3) is 2.73. The van der Waals surface area contributed by atoms with Crippen LogP contribution in [-0.4, -0.2) is 12.2 Å². The van der Waals surface area contributed by atoms with Gasteiger partial charge in [0.15, 0.2) is 0 Å². The molecular formula is C14H13ClN4O. The summed E-state index contributed by atoms with van der Waals surface area (Å²) in [4.78, 5) is 10.4. The molecule has 102 valence electrons. The molecule has 0 saturated heterocycles. The highest BCUT2D eigenvalue weighted by Crippen LogP contribution is 2.31. The SMILES string of the molecule is N=C(NC=O)c1cc(-c2cc(N)ccc2Cl)ccc1N. The largest absolute Gasteiger partial charge is 0.399 e. The van der Waals surface area contributed by atoms with Crippen LogP contribution in [0.2, 0.25) is 5.02 Å². The minimum atomic E-state index is -0.0700. The molecular weight excluding hydrogens is 276 g/mol. The molecule has 0 spiro atoms. The zero-order valence-electron chi connectivity index (χ0n) is 10.5. The van der Waals surface area contributed by atoms with Gasteiger partial charge in [-0.2, -0.15) is 0 Å². The van der Waals surface area contributed by atoms with Gasteiger partial charge in [-0.25, -0.2) is 0 Å². The number of nitrogen functional groups attached to an aromatic ring is 2. The first-order chi connectivity index (χ1) is 9.52. The summed E-state index contributed by atoms with van der Waals surface area (Å²) < 4.78 is 0. The van der Waals surface area contributed by atoms with Crippen LogP contribution in [0.15, 0.2) is 36.4 Å². The summed E-state index contributed by atoms with van der Waals surface area (Å²) in [6.07, 6.45) is 0.432. The molecule has 5 nitrogen and oxygen atoms in total. The molecule has 0 unspecified atom stereocenters. The quantitative estimate of drug-likeness (QED) is 0.301. The molecule has 6 N–H and O–H groups in total. The van der Waals surface area contributed by atoms with Gasteiger partial charge in [0.25, 0.3) is 0 Å². The topological polar surface area (TPSA) is 105 Å². The highest BCUT2D eigenvalue weighted by molar-refractivity contribution is 6.33. The van der Waals surface area contributed by atoms with Crippen LogP contribution in [0.4, 0.5) is 11.4 Å². The standard InChI is InChI=1S/C14H13ClN4O/c15-12-3-2-9(16)6-10(12)8-1-4-13(17)11(5-8)14(18)19-7-20/h1-7H,16-17H2,(H2,18,19,20). The highest BCUT2D eigenvalue weighted by Gasteiger charge is 2.10. The van der Waals surface area contributed by atoms with E-state index < -0.39 is 0 Å². The lowest BCUT2D eigenvalue weighted by Gasteiger charge is -2.11. The molecule has 0 aliphatic rings. The maximum absolute atomic E-state index is 10.4. The molecule has 0 saturated carbocycles. The Morgan fingerprint density at radius 2 is 1.95 bits per heavy atom. The number of carbonyl (C=O) groups excluding carboxylic acids is 1. The van der Waals surface area contributed by atoms with Crippen molar-refractivity contribution in [2.75, 3.05) is 11.5 Å². The number of benzene rings is 2. The van der Waals surface area contributed by atoms with Gasteiger partial charge in [-0.15, -0.1) is 0 Å². The maximum Gasteiger partial charge on any atom is 0.212 e. The second-order valence-electron chi connectivity index (χ2n) is 4.18. The van der Waals surface area contributed by atoms with Crippen molar-refractivity contribution in [3.8, 4) is 11.1 Å². The molecule has 0 aliphatic heterocycles. The van der Waals surface area contributed by atoms with Crippen LogP contribution in [0, 0.1) is 5.41 Å². The minimum absolute atomic E-state index is 0.0700. The van der Waals surface area contributed by atoms with Gasteiger partial charge < -0.3 is 16.8 Å². The fraction of sp³-hybridized carbons (Fsp3) is 0. The Labute approximate surface area is 121 Å². The summed E-state index contributed by atoms with van der Waals surface area (Å²) in [6, 6.07) is 10.3. The monoisotopic (exact) mass is 288 g/mol. The Balaban J connectivity index is 2.53. The zero-order chi connectivity index (χ0) is 14.7. The molecule has 2 aromatic rings. The average molecular weight is 289 g/mol. The van der Waals surface area contributed by atoms with E-state index in [9.17, 15) is 4.79 Å². The number of halogens is 1. The number of amidine groups is 1. The number of amides is 1. The van der Waals surface area contributed by atoms with Crippen LogP contribution in [0.5, 0.6) is 0 Å². The molecule has 0 heterocycles. The Kier molecular flexibility index (Phi) is 3.91. The molecule has 0 radical (unpaired) electrons. The Hall–Kier alpha value is -2.53. The highest BCUT2D eigenvalue weighted by atomic mass is 35.5. The van der Waals surface area contributed by atoms with Crippen molar-refractivity contribution in [3.05, 3.63) is 47.0 Å². The van der Waals surface area contributed by atoms with Crippen molar-refractivity contribution >= 4 is 35.2 Å². The van der Waals surface area contributed by atoms with Crippen LogP contribution in [0.3, 0.4) is 0 Å². The minimum Gasteiger partial charge on any atom is -0.399 e. The van der Waals surface area contributed by atoms with E-state index in [1.807, 2.05) is 0 Å². The Bertz CT molecular complexity index is 685. The number of rotatable bonds is 3. The van der Waals surface area contributed by atoms with E-state index in [2.05, 4.69) is 5.32 Å². The first kappa shape index (κ1) is 13.9. The van der Waals surface area contributed by atoms with E-state index in [-0.39, 0.29) is 5.84 Å². The van der Waals surface area contributed by atoms with Crippen LogP contribution in [-0.2, 0) is 4.79 Å². The lowest BCUT2D eigenvalue weighted by Crippen LogP contribution is -2.22. The van der Waals surface area contributed by atoms with Crippen LogP contribution < -0.4 is 16.8 Å². The van der Waals surface area contributed by atoms with Crippen molar-refractivity contribution in [2.45, 2.75) is 0 Å². The van der Waals surface area contributed by atoms with Gasteiger partial charge in [0.05, 0.1) is 0 Å². The van der Waals surface area contributed by atoms with E-state index >= 15 is 0 Å². The van der Waals surface area contributed by atoms with E-state index in [0.29, 0.717) is 28.4 Å². The van der Waals surface area contributed by atoms with E-state index in [1.54, 1.807) is 36.4 Å². The van der Waals surface area contributed by atoms with E-state index in [1.165, 1.54) is 0 Å². The van der Waals surface area contributed by atoms with Crippen LogP contribution in [0.25, 0.3) is 11.1 Å². The van der Waals surface area contributed by atoms with E-state index in [0.717, 1.165) is 11.1 Å². The van der Waals surface area contributed by atoms with Crippen molar-refractivity contribution in [2.24, 2.45) is 0 Å². The average Bonchev–Trinajstić information content (AvgIpc) is 2.42. The number of nitrogens with two attached hydrogens (primary N) is 2. The molecule has 0 atom stereocenters. The predicted molar refractivity (Wildman–Crippen MR) is 81.7 cm³/mol. The normalized spacial score (nSPS) is 10.1. The smallest absolute Gasteiger partial charge is 0.212 e. The zero-order valence-corrected chi connectivity index (χ0v) is 11.2. The van der Waals surface area contributed by atoms with Gasteiger partial charge in [-0.1, -0.05) is 17.7 Å². The van der Waals surface area contributed by atoms with Gasteiger partial charge in [0, 0.05) is 27.5 Å². The van der Waals surface area contributed by atoms with Gasteiger partial charge >= 0.3 is 0 Å². The van der Waals surface area contributed by atoms with Crippen molar-refractivity contribution in [1.82, 2.24) is 5.32 Å². The van der Waals surface area contributed by atoms with Gasteiger partial charge in [0.1, 0.15) is 5.84 Å².